The maximum Gasteiger partial charge on any atom is 0.287 e. The lowest BCUT2D eigenvalue weighted by molar-refractivity contribution is 0.0921. The van der Waals surface area contributed by atoms with Crippen LogP contribution in [0.15, 0.2) is 65.1 Å². The number of hydrogen-bond acceptors (Lipinski definition) is 2. The summed E-state index contributed by atoms with van der Waals surface area (Å²) < 4.78 is 5.68. The van der Waals surface area contributed by atoms with Crippen LogP contribution in [0.4, 0.5) is 0 Å². The molecule has 0 aliphatic heterocycles. The Morgan fingerprint density at radius 1 is 1.04 bits per heavy atom. The van der Waals surface area contributed by atoms with E-state index in [4.69, 9.17) is 16.0 Å². The molecule has 0 bridgehead atoms. The molecule has 0 saturated heterocycles. The predicted octanol–water partition coefficient (Wildman–Crippen LogP) is 6.42. The van der Waals surface area contributed by atoms with Crippen LogP contribution in [0, 0.1) is 12.8 Å². The summed E-state index contributed by atoms with van der Waals surface area (Å²) in [6, 6.07) is 19.1. The summed E-state index contributed by atoms with van der Waals surface area (Å²) in [6.07, 6.45) is 0.609. The van der Waals surface area contributed by atoms with Crippen molar-refractivity contribution in [2.75, 3.05) is 0 Å². The first kappa shape index (κ1) is 21.8. The molecule has 1 heterocycles. The maximum atomic E-state index is 12.2. The van der Waals surface area contributed by atoms with Gasteiger partial charge in [0.2, 0.25) is 0 Å². The third-order valence-corrected chi connectivity index (χ3v) is 4.09. The molecule has 0 fully saturated rings. The molecule has 148 valence electrons. The molecule has 3 aromatic rings. The van der Waals surface area contributed by atoms with Crippen LogP contribution in [-0.2, 0) is 13.0 Å². The number of hydrogen-bond donors (Lipinski definition) is 1. The molecule has 0 radical (unpaired) electrons. The SMILES string of the molecule is CC(C)C.Cc1ccc(Cl)cc1Cc1ccc(C(=O)NCc2ccccc2)o1. The average molecular weight is 398 g/mol. The number of halogens is 1. The highest BCUT2D eigenvalue weighted by Gasteiger charge is 2.12. The van der Waals surface area contributed by atoms with Gasteiger partial charge in [0.25, 0.3) is 5.91 Å². The third-order valence-electron chi connectivity index (χ3n) is 3.86. The van der Waals surface area contributed by atoms with Gasteiger partial charge >= 0.3 is 0 Å². The second kappa shape index (κ2) is 10.7. The summed E-state index contributed by atoms with van der Waals surface area (Å²) >= 11 is 6.04. The van der Waals surface area contributed by atoms with Crippen molar-refractivity contribution >= 4 is 17.5 Å². The lowest BCUT2D eigenvalue weighted by atomic mass is 10.0. The van der Waals surface area contributed by atoms with E-state index >= 15 is 0 Å². The zero-order valence-electron chi connectivity index (χ0n) is 17.0. The molecule has 0 spiro atoms. The van der Waals surface area contributed by atoms with Crippen LogP contribution in [0.25, 0.3) is 0 Å². The summed E-state index contributed by atoms with van der Waals surface area (Å²) in [4.78, 5) is 12.2. The van der Waals surface area contributed by atoms with Crippen molar-refractivity contribution in [3.63, 3.8) is 0 Å². The first-order valence-electron chi connectivity index (χ1n) is 9.51. The van der Waals surface area contributed by atoms with Crippen molar-refractivity contribution in [2.45, 2.75) is 40.7 Å². The minimum atomic E-state index is -0.215. The van der Waals surface area contributed by atoms with E-state index in [9.17, 15) is 4.79 Å². The Bertz CT molecular complexity index is 882. The van der Waals surface area contributed by atoms with Crippen LogP contribution in [0.2, 0.25) is 5.02 Å². The summed E-state index contributed by atoms with van der Waals surface area (Å²) in [5.41, 5.74) is 3.28. The van der Waals surface area contributed by atoms with Gasteiger partial charge in [-0.1, -0.05) is 68.8 Å². The summed E-state index contributed by atoms with van der Waals surface area (Å²) in [6.45, 7) is 9.01. The van der Waals surface area contributed by atoms with Crippen molar-refractivity contribution < 1.29 is 9.21 Å². The van der Waals surface area contributed by atoms with Crippen molar-refractivity contribution in [3.05, 3.63) is 93.9 Å². The normalized spacial score (nSPS) is 10.4. The monoisotopic (exact) mass is 397 g/mol. The molecule has 1 amide bonds. The van der Waals surface area contributed by atoms with E-state index in [0.717, 1.165) is 28.4 Å². The highest BCUT2D eigenvalue weighted by molar-refractivity contribution is 6.30. The maximum absolute atomic E-state index is 12.2. The van der Waals surface area contributed by atoms with Gasteiger partial charge in [-0.3, -0.25) is 4.79 Å². The molecule has 0 atom stereocenters. The van der Waals surface area contributed by atoms with Crippen LogP contribution in [0.3, 0.4) is 0 Å². The van der Waals surface area contributed by atoms with E-state index in [1.807, 2.05) is 61.5 Å². The molecule has 1 aromatic heterocycles. The molecular weight excluding hydrogens is 370 g/mol. The van der Waals surface area contributed by atoms with Gasteiger partial charge in [-0.25, -0.2) is 0 Å². The highest BCUT2D eigenvalue weighted by Crippen LogP contribution is 2.20. The minimum Gasteiger partial charge on any atom is -0.456 e. The molecule has 0 aliphatic rings. The van der Waals surface area contributed by atoms with Crippen molar-refractivity contribution in [3.8, 4) is 0 Å². The molecule has 28 heavy (non-hydrogen) atoms. The lowest BCUT2D eigenvalue weighted by Crippen LogP contribution is -2.22. The van der Waals surface area contributed by atoms with E-state index in [-0.39, 0.29) is 5.91 Å². The number of carbonyl (C=O) groups is 1. The van der Waals surface area contributed by atoms with Crippen LogP contribution in [0.5, 0.6) is 0 Å². The molecule has 0 unspecified atom stereocenters. The molecule has 3 nitrogen and oxygen atoms in total. The van der Waals surface area contributed by atoms with Gasteiger partial charge in [-0.05, 0) is 53.8 Å². The molecular formula is C24H28ClNO2. The quantitative estimate of drug-likeness (QED) is 0.539. The first-order valence-corrected chi connectivity index (χ1v) is 9.88. The van der Waals surface area contributed by atoms with Crippen LogP contribution in [-0.4, -0.2) is 5.91 Å². The number of furan rings is 1. The smallest absolute Gasteiger partial charge is 0.287 e. The second-order valence-electron chi connectivity index (χ2n) is 7.41. The zero-order chi connectivity index (χ0) is 20.5. The Labute approximate surface area is 172 Å². The number of carbonyl (C=O) groups excluding carboxylic acids is 1. The van der Waals surface area contributed by atoms with Gasteiger partial charge < -0.3 is 9.73 Å². The Kier molecular flexibility index (Phi) is 8.34. The zero-order valence-corrected chi connectivity index (χ0v) is 17.7. The summed E-state index contributed by atoms with van der Waals surface area (Å²) in [5, 5.41) is 3.56. The van der Waals surface area contributed by atoms with Gasteiger partial charge in [-0.15, -0.1) is 0 Å². The van der Waals surface area contributed by atoms with Crippen LogP contribution < -0.4 is 5.32 Å². The minimum absolute atomic E-state index is 0.215. The number of benzene rings is 2. The Morgan fingerprint density at radius 3 is 2.39 bits per heavy atom. The van der Waals surface area contributed by atoms with Gasteiger partial charge in [-0.2, -0.15) is 0 Å². The van der Waals surface area contributed by atoms with Crippen molar-refractivity contribution in [1.82, 2.24) is 5.32 Å². The largest absolute Gasteiger partial charge is 0.456 e. The molecule has 0 saturated carbocycles. The molecule has 0 aliphatic carbocycles. The first-order chi connectivity index (χ1) is 13.3. The summed E-state index contributed by atoms with van der Waals surface area (Å²) in [7, 11) is 0. The van der Waals surface area contributed by atoms with Gasteiger partial charge in [0.15, 0.2) is 5.76 Å². The Morgan fingerprint density at radius 2 is 1.71 bits per heavy atom. The third kappa shape index (κ3) is 7.24. The topological polar surface area (TPSA) is 42.2 Å². The number of rotatable bonds is 5. The van der Waals surface area contributed by atoms with Crippen LogP contribution >= 0.6 is 11.6 Å². The second-order valence-corrected chi connectivity index (χ2v) is 7.85. The van der Waals surface area contributed by atoms with E-state index in [1.165, 1.54) is 0 Å². The van der Waals surface area contributed by atoms with E-state index in [0.29, 0.717) is 23.7 Å². The Balaban J connectivity index is 0.000000640. The number of amides is 1. The van der Waals surface area contributed by atoms with Crippen LogP contribution in [0.1, 0.15) is 53.8 Å². The van der Waals surface area contributed by atoms with E-state index in [1.54, 1.807) is 6.07 Å². The molecule has 4 heteroatoms. The molecule has 1 N–H and O–H groups in total. The average Bonchev–Trinajstić information content (AvgIpc) is 3.12. The highest BCUT2D eigenvalue weighted by atomic mass is 35.5. The van der Waals surface area contributed by atoms with E-state index < -0.39 is 0 Å². The van der Waals surface area contributed by atoms with Crippen molar-refractivity contribution in [1.29, 1.82) is 0 Å². The fraction of sp³-hybridized carbons (Fsp3) is 0.292. The number of aryl methyl sites for hydroxylation is 1. The van der Waals surface area contributed by atoms with Gasteiger partial charge in [0, 0.05) is 18.0 Å². The van der Waals surface area contributed by atoms with E-state index in [2.05, 4.69) is 26.1 Å². The fourth-order valence-electron chi connectivity index (χ4n) is 2.48. The lowest BCUT2D eigenvalue weighted by Gasteiger charge is -2.05. The van der Waals surface area contributed by atoms with Gasteiger partial charge in [0.05, 0.1) is 0 Å². The molecule has 2 aromatic carbocycles. The summed E-state index contributed by atoms with van der Waals surface area (Å²) in [5.74, 6) is 1.68. The fourth-order valence-corrected chi connectivity index (χ4v) is 2.67. The molecule has 3 rings (SSSR count). The standard InChI is InChI=1S/C20H18ClNO2.C4H10/c1-14-7-8-17(21)11-16(14)12-18-9-10-19(24-18)20(23)22-13-15-5-3-2-4-6-15;1-4(2)3/h2-11H,12-13H2,1H3,(H,22,23);4H,1-3H3. The number of nitrogens with one attached hydrogen (secondary N) is 1. The Hall–Kier alpha value is -2.52. The predicted molar refractivity (Wildman–Crippen MR) is 116 cm³/mol. The van der Waals surface area contributed by atoms with Crippen molar-refractivity contribution in [2.24, 2.45) is 5.92 Å². The van der Waals surface area contributed by atoms with Gasteiger partial charge in [0.1, 0.15) is 5.76 Å².